The monoisotopic (exact) mass is 98.1 g/mol. The predicted molar refractivity (Wildman–Crippen MR) is 30.1 cm³/mol. The van der Waals surface area contributed by atoms with Gasteiger partial charge < -0.3 is 6.15 Å². The van der Waals surface area contributed by atoms with Crippen LogP contribution in [0, 0.1) is 11.3 Å². The molecule has 0 bridgehead atoms. The topological polar surface area (TPSA) is 58.8 Å². The molecule has 2 heteroatoms. The molecule has 0 aliphatic heterocycles. The van der Waals surface area contributed by atoms with Gasteiger partial charge in [-0.2, -0.15) is 5.26 Å². The Morgan fingerprint density at radius 3 is 2.43 bits per heavy atom. The maximum atomic E-state index is 7.90. The number of unbranched alkanes of at least 4 members (excludes halogenated alkanes) is 1. The van der Waals surface area contributed by atoms with E-state index in [4.69, 9.17) is 5.26 Å². The van der Waals surface area contributed by atoms with Crippen LogP contribution >= 0.6 is 0 Å². The largest absolute Gasteiger partial charge is 0.344 e. The predicted octanol–water partition coefficient (Wildman–Crippen LogP) is 1.64. The first-order chi connectivity index (χ1) is 2.91. The summed E-state index contributed by atoms with van der Waals surface area (Å²) in [6.45, 7) is 3.45. The number of hydrogen-bond acceptors (Lipinski definition) is 2. The van der Waals surface area contributed by atoms with Crippen molar-refractivity contribution >= 4 is 0 Å². The second-order valence-corrected chi connectivity index (χ2v) is 0.985. The molecule has 0 unspecified atom stereocenters. The van der Waals surface area contributed by atoms with Gasteiger partial charge in [0.25, 0.3) is 0 Å². The van der Waals surface area contributed by atoms with Gasteiger partial charge in [-0.3, -0.25) is 0 Å². The van der Waals surface area contributed by atoms with Gasteiger partial charge in [0, 0.05) is 6.42 Å². The van der Waals surface area contributed by atoms with Crippen molar-refractivity contribution in [1.29, 1.82) is 5.26 Å². The molecule has 0 saturated heterocycles. The summed E-state index contributed by atoms with van der Waals surface area (Å²) in [5.74, 6) is 0. The highest BCUT2D eigenvalue weighted by Crippen LogP contribution is 1.82. The molecule has 0 rings (SSSR count). The van der Waals surface area contributed by atoms with Gasteiger partial charge in [0.05, 0.1) is 6.07 Å². The van der Waals surface area contributed by atoms with E-state index >= 15 is 0 Å². The number of nitrogens with zero attached hydrogens (tertiary/aromatic N) is 1. The summed E-state index contributed by atoms with van der Waals surface area (Å²) in [4.78, 5) is 0. The van der Waals surface area contributed by atoms with E-state index in [-0.39, 0.29) is 6.15 Å². The fourth-order valence-corrected chi connectivity index (χ4v) is 0.167. The van der Waals surface area contributed by atoms with Crippen LogP contribution in [-0.2, 0) is 0 Å². The first-order valence-electron chi connectivity index (χ1n) is 1.89. The molecule has 2 nitrogen and oxygen atoms in total. The van der Waals surface area contributed by atoms with Crippen LogP contribution in [0.5, 0.6) is 0 Å². The SMILES string of the molecule is C=CCCC#N.N. The zero-order chi connectivity index (χ0) is 4.83. The molecule has 0 aliphatic carbocycles. The molecule has 0 heterocycles. The lowest BCUT2D eigenvalue weighted by molar-refractivity contribution is 1.07. The molecule has 0 fully saturated rings. The number of rotatable bonds is 2. The smallest absolute Gasteiger partial charge is 0.0624 e. The van der Waals surface area contributed by atoms with Crippen molar-refractivity contribution in [3.05, 3.63) is 12.7 Å². The maximum Gasteiger partial charge on any atom is 0.0624 e. The average molecular weight is 98.1 g/mol. The van der Waals surface area contributed by atoms with Gasteiger partial charge >= 0.3 is 0 Å². The number of allylic oxidation sites excluding steroid dienone is 1. The summed E-state index contributed by atoms with van der Waals surface area (Å²) in [5.41, 5.74) is 0. The Balaban J connectivity index is 0. The molecule has 0 saturated carbocycles. The molecule has 0 aliphatic rings. The Morgan fingerprint density at radius 2 is 2.29 bits per heavy atom. The molecule has 40 valence electrons. The van der Waals surface area contributed by atoms with Crippen LogP contribution in [0.2, 0.25) is 0 Å². The highest BCUT2D eigenvalue weighted by atomic mass is 14.2. The normalized spacial score (nSPS) is 5.57. The van der Waals surface area contributed by atoms with Crippen LogP contribution < -0.4 is 6.15 Å². The van der Waals surface area contributed by atoms with Gasteiger partial charge in [-0.1, -0.05) is 6.08 Å². The Kier molecular flexibility index (Phi) is 12.1. The Bertz CT molecular complexity index is 70.6. The van der Waals surface area contributed by atoms with Gasteiger partial charge in [-0.15, -0.1) is 6.58 Å². The van der Waals surface area contributed by atoms with Crippen molar-refractivity contribution in [3.63, 3.8) is 0 Å². The Hall–Kier alpha value is -0.810. The molecule has 7 heavy (non-hydrogen) atoms. The molecule has 0 atom stereocenters. The van der Waals surface area contributed by atoms with Gasteiger partial charge in [-0.25, -0.2) is 0 Å². The zero-order valence-corrected chi connectivity index (χ0v) is 4.35. The lowest BCUT2D eigenvalue weighted by Crippen LogP contribution is -1.57. The van der Waals surface area contributed by atoms with Crippen LogP contribution in [0.4, 0.5) is 0 Å². The molecule has 0 spiro atoms. The highest BCUT2D eigenvalue weighted by Gasteiger charge is 1.69. The van der Waals surface area contributed by atoms with Crippen molar-refractivity contribution in [2.75, 3.05) is 0 Å². The lowest BCUT2D eigenvalue weighted by Gasteiger charge is -1.70. The average Bonchev–Trinajstić information content (AvgIpc) is 1.61. The van der Waals surface area contributed by atoms with Crippen molar-refractivity contribution in [2.45, 2.75) is 12.8 Å². The van der Waals surface area contributed by atoms with Gasteiger partial charge in [0.2, 0.25) is 0 Å². The summed E-state index contributed by atoms with van der Waals surface area (Å²) in [5, 5.41) is 7.90. The van der Waals surface area contributed by atoms with E-state index < -0.39 is 0 Å². The number of hydrogen-bond donors (Lipinski definition) is 1. The summed E-state index contributed by atoms with van der Waals surface area (Å²) >= 11 is 0. The zero-order valence-electron chi connectivity index (χ0n) is 4.35. The molecule has 0 amide bonds. The van der Waals surface area contributed by atoms with Crippen LogP contribution in [0.25, 0.3) is 0 Å². The van der Waals surface area contributed by atoms with Crippen LogP contribution in [0.1, 0.15) is 12.8 Å². The Labute approximate surface area is 44.0 Å². The summed E-state index contributed by atoms with van der Waals surface area (Å²) in [6, 6.07) is 2.00. The molecule has 0 radical (unpaired) electrons. The van der Waals surface area contributed by atoms with E-state index in [0.717, 1.165) is 6.42 Å². The van der Waals surface area contributed by atoms with Crippen molar-refractivity contribution in [3.8, 4) is 6.07 Å². The minimum absolute atomic E-state index is 0. The fourth-order valence-electron chi connectivity index (χ4n) is 0.167. The van der Waals surface area contributed by atoms with Crippen LogP contribution in [0.15, 0.2) is 12.7 Å². The van der Waals surface area contributed by atoms with E-state index in [0.29, 0.717) is 6.42 Å². The van der Waals surface area contributed by atoms with Crippen molar-refractivity contribution in [1.82, 2.24) is 6.15 Å². The van der Waals surface area contributed by atoms with Gasteiger partial charge in [0.1, 0.15) is 0 Å². The third-order valence-electron chi connectivity index (χ3n) is 0.460. The molecule has 0 aromatic rings. The molecular formula is C5H10N2. The second kappa shape index (κ2) is 8.95. The lowest BCUT2D eigenvalue weighted by atomic mass is 10.3. The second-order valence-electron chi connectivity index (χ2n) is 0.985. The minimum Gasteiger partial charge on any atom is -0.344 e. The fraction of sp³-hybridized carbons (Fsp3) is 0.400. The molecular weight excluding hydrogens is 88.1 g/mol. The first kappa shape index (κ1) is 9.50. The third-order valence-corrected chi connectivity index (χ3v) is 0.460. The standard InChI is InChI=1S/C5H7N.H3N/c1-2-3-4-5-6;/h2H,1,3-4H2;1H3. The quantitative estimate of drug-likeness (QED) is 0.421. The molecule has 0 aromatic heterocycles. The summed E-state index contributed by atoms with van der Waals surface area (Å²) in [7, 11) is 0. The van der Waals surface area contributed by atoms with Crippen molar-refractivity contribution < 1.29 is 0 Å². The molecule has 3 N–H and O–H groups in total. The summed E-state index contributed by atoms with van der Waals surface area (Å²) < 4.78 is 0. The maximum absolute atomic E-state index is 7.90. The Morgan fingerprint density at radius 1 is 1.71 bits per heavy atom. The highest BCUT2D eigenvalue weighted by molar-refractivity contribution is 4.76. The molecule has 0 aromatic carbocycles. The minimum atomic E-state index is 0. The van der Waals surface area contributed by atoms with E-state index in [1.807, 2.05) is 6.07 Å². The first-order valence-corrected chi connectivity index (χ1v) is 1.89. The van der Waals surface area contributed by atoms with Crippen LogP contribution in [0.3, 0.4) is 0 Å². The van der Waals surface area contributed by atoms with Gasteiger partial charge in [0.15, 0.2) is 0 Å². The third kappa shape index (κ3) is 11.0. The van der Waals surface area contributed by atoms with Crippen LogP contribution in [-0.4, -0.2) is 0 Å². The summed E-state index contributed by atoms with van der Waals surface area (Å²) in [6.07, 6.45) is 3.16. The van der Waals surface area contributed by atoms with E-state index in [1.165, 1.54) is 0 Å². The van der Waals surface area contributed by atoms with E-state index in [9.17, 15) is 0 Å². The van der Waals surface area contributed by atoms with Gasteiger partial charge in [-0.05, 0) is 6.42 Å². The van der Waals surface area contributed by atoms with E-state index in [1.54, 1.807) is 6.08 Å². The van der Waals surface area contributed by atoms with E-state index in [2.05, 4.69) is 6.58 Å². The van der Waals surface area contributed by atoms with Crippen molar-refractivity contribution in [2.24, 2.45) is 0 Å². The number of nitriles is 1.